The first-order valence-corrected chi connectivity index (χ1v) is 7.64. The molecule has 0 aliphatic carbocycles. The van der Waals surface area contributed by atoms with Crippen molar-refractivity contribution >= 4 is 17.6 Å². The van der Waals surface area contributed by atoms with E-state index in [-0.39, 0.29) is 12.5 Å². The predicted molar refractivity (Wildman–Crippen MR) is 83.3 cm³/mol. The van der Waals surface area contributed by atoms with Crippen LogP contribution in [0, 0.1) is 11.8 Å². The van der Waals surface area contributed by atoms with E-state index < -0.39 is 29.5 Å². The molecular formula is C17H17NO6. The zero-order chi connectivity index (χ0) is 17.1. The Morgan fingerprint density at radius 1 is 1.38 bits per heavy atom. The van der Waals surface area contributed by atoms with Gasteiger partial charge >= 0.3 is 5.97 Å². The number of methoxy groups -OCH3 is 2. The predicted octanol–water partition coefficient (Wildman–Crippen LogP) is 1.07. The van der Waals surface area contributed by atoms with Gasteiger partial charge in [-0.15, -0.1) is 0 Å². The van der Waals surface area contributed by atoms with E-state index in [4.69, 9.17) is 14.2 Å². The van der Waals surface area contributed by atoms with Gasteiger partial charge in [0.15, 0.2) is 0 Å². The number of benzene rings is 1. The lowest BCUT2D eigenvalue weighted by atomic mass is 9.77. The van der Waals surface area contributed by atoms with E-state index in [1.807, 2.05) is 6.08 Å². The molecule has 126 valence electrons. The molecule has 3 aliphatic rings. The van der Waals surface area contributed by atoms with E-state index in [0.29, 0.717) is 17.2 Å². The minimum Gasteiger partial charge on any atom is -0.497 e. The van der Waals surface area contributed by atoms with Crippen LogP contribution in [0.4, 0.5) is 5.69 Å². The molecule has 1 aromatic carbocycles. The standard InChI is InChI=1S/C17H17NO6/c1-22-9-3-4-10(12(7-9)23-2)18-8-17-6-5-11(24-17)13(16(20)21)14(17)15(18)19/h3-7,11,13-14H,8H2,1-2H3,(H,20,21). The molecule has 4 unspecified atom stereocenters. The fraction of sp³-hybridized carbons (Fsp3) is 0.412. The number of hydrogen-bond donors (Lipinski definition) is 1. The first-order chi connectivity index (χ1) is 11.5. The largest absolute Gasteiger partial charge is 0.497 e. The molecule has 4 atom stereocenters. The van der Waals surface area contributed by atoms with Crippen molar-refractivity contribution in [2.75, 3.05) is 25.7 Å². The number of anilines is 1. The molecular weight excluding hydrogens is 314 g/mol. The number of rotatable bonds is 4. The molecule has 1 N–H and O–H groups in total. The van der Waals surface area contributed by atoms with E-state index in [0.717, 1.165) is 0 Å². The summed E-state index contributed by atoms with van der Waals surface area (Å²) in [6.07, 6.45) is 3.05. The van der Waals surface area contributed by atoms with Crippen LogP contribution in [0.3, 0.4) is 0 Å². The molecule has 4 rings (SSSR count). The number of carboxylic acid groups (broad SMARTS) is 1. The normalized spacial score (nSPS) is 33.0. The summed E-state index contributed by atoms with van der Waals surface area (Å²) in [6, 6.07) is 5.16. The highest BCUT2D eigenvalue weighted by atomic mass is 16.5. The summed E-state index contributed by atoms with van der Waals surface area (Å²) in [5.74, 6) is -1.72. The van der Waals surface area contributed by atoms with Gasteiger partial charge < -0.3 is 24.2 Å². The Morgan fingerprint density at radius 3 is 2.83 bits per heavy atom. The maximum atomic E-state index is 13.0. The van der Waals surface area contributed by atoms with Crippen LogP contribution in [0.2, 0.25) is 0 Å². The van der Waals surface area contributed by atoms with Gasteiger partial charge in [-0.05, 0) is 12.1 Å². The molecule has 2 saturated heterocycles. The quantitative estimate of drug-likeness (QED) is 0.831. The zero-order valence-electron chi connectivity index (χ0n) is 13.3. The van der Waals surface area contributed by atoms with Crippen molar-refractivity contribution in [2.45, 2.75) is 11.7 Å². The lowest BCUT2D eigenvalue weighted by molar-refractivity contribution is -0.146. The van der Waals surface area contributed by atoms with Gasteiger partial charge in [0.2, 0.25) is 5.91 Å². The van der Waals surface area contributed by atoms with Crippen LogP contribution in [-0.2, 0) is 14.3 Å². The molecule has 3 aliphatic heterocycles. The Labute approximate surface area is 138 Å². The summed E-state index contributed by atoms with van der Waals surface area (Å²) in [5.41, 5.74) is -0.285. The third-order valence-corrected chi connectivity index (χ3v) is 5.06. The highest BCUT2D eigenvalue weighted by Gasteiger charge is 2.67. The maximum absolute atomic E-state index is 13.0. The van der Waals surface area contributed by atoms with Gasteiger partial charge in [0, 0.05) is 6.07 Å². The van der Waals surface area contributed by atoms with E-state index in [1.54, 1.807) is 36.3 Å². The summed E-state index contributed by atoms with van der Waals surface area (Å²) in [5, 5.41) is 9.50. The fourth-order valence-electron chi connectivity index (χ4n) is 3.99. The molecule has 3 heterocycles. The molecule has 1 spiro atoms. The van der Waals surface area contributed by atoms with Gasteiger partial charge in [0.25, 0.3) is 0 Å². The molecule has 2 fully saturated rings. The van der Waals surface area contributed by atoms with Crippen molar-refractivity contribution in [1.82, 2.24) is 0 Å². The van der Waals surface area contributed by atoms with Gasteiger partial charge in [-0.25, -0.2) is 0 Å². The third kappa shape index (κ3) is 1.81. The van der Waals surface area contributed by atoms with Crippen molar-refractivity contribution in [1.29, 1.82) is 0 Å². The SMILES string of the molecule is COc1ccc(N2CC34C=CC(O3)C(C(=O)O)C4C2=O)c(OC)c1. The molecule has 7 heteroatoms. The number of carboxylic acids is 1. The smallest absolute Gasteiger partial charge is 0.310 e. The molecule has 0 saturated carbocycles. The van der Waals surface area contributed by atoms with Crippen molar-refractivity contribution in [2.24, 2.45) is 11.8 Å². The van der Waals surface area contributed by atoms with Gasteiger partial charge in [-0.1, -0.05) is 12.2 Å². The topological polar surface area (TPSA) is 85.3 Å². The Morgan fingerprint density at radius 2 is 2.17 bits per heavy atom. The average molecular weight is 331 g/mol. The first-order valence-electron chi connectivity index (χ1n) is 7.64. The van der Waals surface area contributed by atoms with Gasteiger partial charge in [0.1, 0.15) is 23.0 Å². The molecule has 24 heavy (non-hydrogen) atoms. The molecule has 0 radical (unpaired) electrons. The van der Waals surface area contributed by atoms with Gasteiger partial charge in [-0.3, -0.25) is 9.59 Å². The number of amides is 1. The van der Waals surface area contributed by atoms with E-state index in [9.17, 15) is 14.7 Å². The lowest BCUT2D eigenvalue weighted by Gasteiger charge is -2.23. The van der Waals surface area contributed by atoms with Gasteiger partial charge in [-0.2, -0.15) is 0 Å². The molecule has 0 aromatic heterocycles. The highest BCUT2D eigenvalue weighted by molar-refractivity contribution is 6.03. The minimum absolute atomic E-state index is 0.252. The highest BCUT2D eigenvalue weighted by Crippen LogP contribution is 2.53. The lowest BCUT2D eigenvalue weighted by Crippen LogP contribution is -2.39. The number of carbonyl (C=O) groups is 2. The van der Waals surface area contributed by atoms with Crippen LogP contribution in [0.1, 0.15) is 0 Å². The zero-order valence-corrected chi connectivity index (χ0v) is 13.3. The second-order valence-corrected chi connectivity index (χ2v) is 6.20. The maximum Gasteiger partial charge on any atom is 0.310 e. The van der Waals surface area contributed by atoms with Crippen LogP contribution in [-0.4, -0.2) is 49.5 Å². The van der Waals surface area contributed by atoms with Crippen LogP contribution < -0.4 is 14.4 Å². The van der Waals surface area contributed by atoms with E-state index in [2.05, 4.69) is 0 Å². The fourth-order valence-corrected chi connectivity index (χ4v) is 3.99. The van der Waals surface area contributed by atoms with Crippen LogP contribution >= 0.6 is 0 Å². The van der Waals surface area contributed by atoms with E-state index >= 15 is 0 Å². The number of aliphatic carboxylic acids is 1. The summed E-state index contributed by atoms with van der Waals surface area (Å²) in [6.45, 7) is 0.274. The number of fused-ring (bicyclic) bond motifs is 1. The van der Waals surface area contributed by atoms with Gasteiger partial charge in [0.05, 0.1) is 38.5 Å². The molecule has 1 aromatic rings. The van der Waals surface area contributed by atoms with Crippen LogP contribution in [0.25, 0.3) is 0 Å². The third-order valence-electron chi connectivity index (χ3n) is 5.06. The summed E-state index contributed by atoms with van der Waals surface area (Å²) < 4.78 is 16.4. The molecule has 2 bridgehead atoms. The summed E-state index contributed by atoms with van der Waals surface area (Å²) in [4.78, 5) is 26.1. The Kier molecular flexibility index (Phi) is 3.11. The monoisotopic (exact) mass is 331 g/mol. The average Bonchev–Trinajstić information content (AvgIpc) is 3.22. The number of hydrogen-bond acceptors (Lipinski definition) is 5. The Bertz CT molecular complexity index is 759. The van der Waals surface area contributed by atoms with Crippen molar-refractivity contribution in [3.63, 3.8) is 0 Å². The Balaban J connectivity index is 1.74. The number of nitrogens with zero attached hydrogens (tertiary/aromatic N) is 1. The van der Waals surface area contributed by atoms with Crippen molar-refractivity contribution in [3.8, 4) is 11.5 Å². The first kappa shape index (κ1) is 15.0. The number of carbonyl (C=O) groups excluding carboxylic acids is 1. The van der Waals surface area contributed by atoms with Crippen LogP contribution in [0.5, 0.6) is 11.5 Å². The summed E-state index contributed by atoms with van der Waals surface area (Å²) >= 11 is 0. The second kappa shape index (κ2) is 4.98. The summed E-state index contributed by atoms with van der Waals surface area (Å²) in [7, 11) is 3.06. The number of ether oxygens (including phenoxy) is 3. The second-order valence-electron chi connectivity index (χ2n) is 6.20. The van der Waals surface area contributed by atoms with Crippen molar-refractivity contribution in [3.05, 3.63) is 30.4 Å². The molecule has 7 nitrogen and oxygen atoms in total. The van der Waals surface area contributed by atoms with E-state index in [1.165, 1.54) is 7.11 Å². The van der Waals surface area contributed by atoms with Crippen LogP contribution in [0.15, 0.2) is 30.4 Å². The Hall–Kier alpha value is -2.54. The molecule has 1 amide bonds. The van der Waals surface area contributed by atoms with Crippen molar-refractivity contribution < 1.29 is 28.9 Å². The minimum atomic E-state index is -1.01.